The van der Waals surface area contributed by atoms with E-state index in [0.29, 0.717) is 12.3 Å². The molecular weight excluding hydrogens is 404 g/mol. The van der Waals surface area contributed by atoms with E-state index in [0.717, 1.165) is 47.8 Å². The second-order valence-corrected chi connectivity index (χ2v) is 8.58. The Hall–Kier alpha value is -3.28. The summed E-state index contributed by atoms with van der Waals surface area (Å²) in [4.78, 5) is 24.2. The van der Waals surface area contributed by atoms with Crippen molar-refractivity contribution in [2.45, 2.75) is 52.0 Å². The number of nitrogens with two attached hydrogens (primary N) is 1. The number of ether oxygens (including phenoxy) is 2. The van der Waals surface area contributed by atoms with Crippen LogP contribution < -0.4 is 10.5 Å². The normalized spacial score (nSPS) is 15.8. The lowest BCUT2D eigenvalue weighted by Crippen LogP contribution is -2.21. The predicted molar refractivity (Wildman–Crippen MR) is 124 cm³/mol. The molecular formula is C26H30N2O4. The van der Waals surface area contributed by atoms with Crippen LogP contribution in [0.4, 0.5) is 0 Å². The lowest BCUT2D eigenvalue weighted by Gasteiger charge is -2.14. The molecule has 1 unspecified atom stereocenters. The monoisotopic (exact) mass is 434 g/mol. The van der Waals surface area contributed by atoms with Crippen molar-refractivity contribution in [3.63, 3.8) is 0 Å². The van der Waals surface area contributed by atoms with Crippen molar-refractivity contribution in [3.05, 3.63) is 64.3 Å². The molecule has 0 fully saturated rings. The number of aromatic nitrogens is 1. The Morgan fingerprint density at radius 2 is 1.94 bits per heavy atom. The molecule has 32 heavy (non-hydrogen) atoms. The zero-order valence-corrected chi connectivity index (χ0v) is 18.9. The van der Waals surface area contributed by atoms with E-state index >= 15 is 0 Å². The summed E-state index contributed by atoms with van der Waals surface area (Å²) in [6.45, 7) is 4.74. The highest BCUT2D eigenvalue weighted by Crippen LogP contribution is 2.42. The van der Waals surface area contributed by atoms with Gasteiger partial charge in [-0.2, -0.15) is 0 Å². The first-order valence-electron chi connectivity index (χ1n) is 11.1. The summed E-state index contributed by atoms with van der Waals surface area (Å²) in [6, 6.07) is 12.3. The van der Waals surface area contributed by atoms with Crippen molar-refractivity contribution in [2.75, 3.05) is 13.7 Å². The van der Waals surface area contributed by atoms with Crippen LogP contribution in [-0.4, -0.2) is 30.2 Å². The van der Waals surface area contributed by atoms with Crippen molar-refractivity contribution in [2.24, 2.45) is 5.73 Å². The molecule has 1 aliphatic rings. The number of rotatable bonds is 6. The van der Waals surface area contributed by atoms with Gasteiger partial charge in [-0.25, -0.2) is 4.79 Å². The van der Waals surface area contributed by atoms with Crippen LogP contribution in [0.25, 0.3) is 10.9 Å². The number of aryl methyl sites for hydroxylation is 2. The predicted octanol–water partition coefficient (Wildman–Crippen LogP) is 4.15. The highest BCUT2D eigenvalue weighted by molar-refractivity contribution is 5.97. The number of methoxy groups -OCH3 is 1. The molecule has 0 bridgehead atoms. The molecule has 0 saturated carbocycles. The quantitative estimate of drug-likeness (QED) is 0.467. The molecule has 2 aromatic carbocycles. The van der Waals surface area contributed by atoms with Crippen LogP contribution in [0, 0.1) is 13.8 Å². The molecule has 1 amide bonds. The van der Waals surface area contributed by atoms with Crippen LogP contribution in [0.1, 0.15) is 53.1 Å². The first-order valence-corrected chi connectivity index (χ1v) is 11.1. The number of amides is 1. The van der Waals surface area contributed by atoms with Crippen LogP contribution in [0.2, 0.25) is 0 Å². The van der Waals surface area contributed by atoms with Gasteiger partial charge in [0.1, 0.15) is 5.75 Å². The number of fused-ring (bicyclic) bond motifs is 3. The van der Waals surface area contributed by atoms with Gasteiger partial charge in [0.2, 0.25) is 5.91 Å². The molecule has 1 aromatic heterocycles. The maximum Gasteiger partial charge on any atom is 0.343 e. The zero-order chi connectivity index (χ0) is 22.8. The molecule has 0 saturated heterocycles. The minimum Gasteiger partial charge on any atom is -0.481 e. The second-order valence-electron chi connectivity index (χ2n) is 8.58. The third-order valence-electron chi connectivity index (χ3n) is 6.53. The molecule has 1 atom stereocenters. The van der Waals surface area contributed by atoms with E-state index in [-0.39, 0.29) is 18.4 Å². The highest BCUT2D eigenvalue weighted by atomic mass is 16.6. The van der Waals surface area contributed by atoms with Crippen molar-refractivity contribution < 1.29 is 19.1 Å². The molecule has 0 radical (unpaired) electrons. The van der Waals surface area contributed by atoms with Gasteiger partial charge in [-0.3, -0.25) is 4.79 Å². The molecule has 1 heterocycles. The van der Waals surface area contributed by atoms with Gasteiger partial charge in [0.25, 0.3) is 0 Å². The van der Waals surface area contributed by atoms with Crippen LogP contribution >= 0.6 is 0 Å². The largest absolute Gasteiger partial charge is 0.481 e. The summed E-state index contributed by atoms with van der Waals surface area (Å²) >= 11 is 0. The number of carbonyl (C=O) groups excluding carboxylic acids is 2. The fourth-order valence-electron chi connectivity index (χ4n) is 4.75. The molecule has 0 aliphatic heterocycles. The third-order valence-corrected chi connectivity index (χ3v) is 6.53. The summed E-state index contributed by atoms with van der Waals surface area (Å²) in [5, 5.41) is 0.876. The first kappa shape index (κ1) is 21.9. The van der Waals surface area contributed by atoms with Crippen molar-refractivity contribution in [1.82, 2.24) is 4.57 Å². The average Bonchev–Trinajstić information content (AvgIpc) is 2.93. The summed E-state index contributed by atoms with van der Waals surface area (Å²) in [6.07, 6.45) is 3.53. The average molecular weight is 435 g/mol. The lowest BCUT2D eigenvalue weighted by molar-refractivity contribution is -0.142. The number of benzene rings is 2. The van der Waals surface area contributed by atoms with Crippen molar-refractivity contribution in [3.8, 4) is 5.75 Å². The number of nitrogens with zero attached hydrogens (tertiary/aromatic N) is 1. The Kier molecular flexibility index (Phi) is 6.21. The topological polar surface area (TPSA) is 83.6 Å². The zero-order valence-electron chi connectivity index (χ0n) is 18.9. The minimum absolute atomic E-state index is 0.187. The fraction of sp³-hybridized carbons (Fsp3) is 0.385. The smallest absolute Gasteiger partial charge is 0.343 e. The van der Waals surface area contributed by atoms with E-state index in [2.05, 4.69) is 36.6 Å². The Morgan fingerprint density at radius 1 is 1.12 bits per heavy atom. The molecule has 6 heteroatoms. The molecule has 1 aliphatic carbocycles. The minimum atomic E-state index is -0.450. The molecule has 4 rings (SSSR count). The van der Waals surface area contributed by atoms with E-state index in [9.17, 15) is 9.59 Å². The molecule has 3 aromatic rings. The van der Waals surface area contributed by atoms with Crippen LogP contribution in [0.5, 0.6) is 5.75 Å². The van der Waals surface area contributed by atoms with E-state index < -0.39 is 5.97 Å². The van der Waals surface area contributed by atoms with Gasteiger partial charge in [-0.05, 0) is 67.5 Å². The number of hydrogen-bond donors (Lipinski definition) is 1. The highest BCUT2D eigenvalue weighted by Gasteiger charge is 2.31. The van der Waals surface area contributed by atoms with Gasteiger partial charge in [-0.15, -0.1) is 0 Å². The third kappa shape index (κ3) is 4.09. The Labute approximate surface area is 188 Å². The van der Waals surface area contributed by atoms with E-state index in [1.165, 1.54) is 23.8 Å². The standard InChI is InChI=1S/C26H30N2O4/c1-16-11-12-18(13-17(16)2)14-28-20-8-5-4-7-19(26(27)30)24(20)25-21(28)9-6-10-22(25)32-15-23(29)31-3/h6,9-13,19H,4-5,7-8,14-15H2,1-3H3,(H2,27,30). The number of carbonyl (C=O) groups is 2. The Balaban J connectivity index is 1.91. The van der Waals surface area contributed by atoms with Crippen molar-refractivity contribution in [1.29, 1.82) is 0 Å². The summed E-state index contributed by atoms with van der Waals surface area (Å²) in [7, 11) is 1.33. The van der Waals surface area contributed by atoms with Crippen molar-refractivity contribution >= 4 is 22.8 Å². The Morgan fingerprint density at radius 3 is 2.66 bits per heavy atom. The SMILES string of the molecule is COC(=O)COc1cccc2c1c1c(n2Cc2ccc(C)c(C)c2)CCCCC1C(N)=O. The first-order chi connectivity index (χ1) is 15.4. The van der Waals surface area contributed by atoms with Gasteiger partial charge >= 0.3 is 5.97 Å². The number of primary amides is 1. The molecule has 6 nitrogen and oxygen atoms in total. The summed E-state index contributed by atoms with van der Waals surface area (Å²) < 4.78 is 12.9. The fourth-order valence-corrected chi connectivity index (χ4v) is 4.75. The van der Waals surface area contributed by atoms with Gasteiger partial charge in [0, 0.05) is 17.6 Å². The van der Waals surface area contributed by atoms with E-state index in [1.807, 2.05) is 18.2 Å². The maximum atomic E-state index is 12.5. The van der Waals surface area contributed by atoms with Crippen LogP contribution in [0.3, 0.4) is 0 Å². The van der Waals surface area contributed by atoms with E-state index in [1.54, 1.807) is 0 Å². The van der Waals surface area contributed by atoms with Crippen LogP contribution in [-0.2, 0) is 27.3 Å². The van der Waals surface area contributed by atoms with Gasteiger partial charge in [0.05, 0.1) is 18.5 Å². The maximum absolute atomic E-state index is 12.5. The number of hydrogen-bond acceptors (Lipinski definition) is 4. The lowest BCUT2D eigenvalue weighted by atomic mass is 9.92. The number of esters is 1. The molecule has 0 spiro atoms. The molecule has 168 valence electrons. The molecule has 2 N–H and O–H groups in total. The second kappa shape index (κ2) is 9.07. The van der Waals surface area contributed by atoms with Gasteiger partial charge < -0.3 is 19.8 Å². The van der Waals surface area contributed by atoms with E-state index in [4.69, 9.17) is 15.2 Å². The van der Waals surface area contributed by atoms with Gasteiger partial charge in [-0.1, -0.05) is 30.7 Å². The van der Waals surface area contributed by atoms with Crippen LogP contribution in [0.15, 0.2) is 36.4 Å². The summed E-state index contributed by atoms with van der Waals surface area (Å²) in [5.41, 5.74) is 12.7. The van der Waals surface area contributed by atoms with Gasteiger partial charge in [0.15, 0.2) is 6.61 Å². The summed E-state index contributed by atoms with van der Waals surface area (Å²) in [5.74, 6) is -0.565. The Bertz CT molecular complexity index is 1180.